The summed E-state index contributed by atoms with van der Waals surface area (Å²) in [6.45, 7) is 4.12. The van der Waals surface area contributed by atoms with Crippen molar-refractivity contribution in [2.24, 2.45) is 0 Å². The van der Waals surface area contributed by atoms with Gasteiger partial charge < -0.3 is 0 Å². The minimum Gasteiger partial charge on any atom is -0.268 e. The van der Waals surface area contributed by atoms with Crippen LogP contribution in [0.25, 0.3) is 11.3 Å². The molecule has 6 heteroatoms. The lowest BCUT2D eigenvalue weighted by Gasteiger charge is -2.10. The molecule has 0 amide bonds. The van der Waals surface area contributed by atoms with Gasteiger partial charge in [-0.25, -0.2) is 4.68 Å². The van der Waals surface area contributed by atoms with E-state index in [9.17, 15) is 18.0 Å². The van der Waals surface area contributed by atoms with Crippen LogP contribution in [0.3, 0.4) is 0 Å². The third-order valence-electron chi connectivity index (χ3n) is 4.28. The zero-order valence-electron chi connectivity index (χ0n) is 14.3. The molecule has 0 atom stereocenters. The first-order chi connectivity index (χ1) is 12.2. The fraction of sp³-hybridized carbons (Fsp3) is 0.200. The van der Waals surface area contributed by atoms with Crippen LogP contribution in [0.1, 0.15) is 22.3 Å². The average Bonchev–Trinajstić information content (AvgIpc) is 2.59. The molecule has 0 aliphatic rings. The van der Waals surface area contributed by atoms with Crippen molar-refractivity contribution in [1.82, 2.24) is 9.78 Å². The maximum Gasteiger partial charge on any atom is 0.416 e. The summed E-state index contributed by atoms with van der Waals surface area (Å²) in [7, 11) is 0. The smallest absolute Gasteiger partial charge is 0.268 e. The van der Waals surface area contributed by atoms with Gasteiger partial charge in [0.1, 0.15) is 0 Å². The van der Waals surface area contributed by atoms with E-state index in [0.717, 1.165) is 28.8 Å². The van der Waals surface area contributed by atoms with E-state index in [1.54, 1.807) is 6.07 Å². The number of halogens is 3. The maximum atomic E-state index is 12.6. The maximum absolute atomic E-state index is 12.6. The molecule has 1 aromatic heterocycles. The van der Waals surface area contributed by atoms with Gasteiger partial charge >= 0.3 is 6.18 Å². The van der Waals surface area contributed by atoms with Crippen LogP contribution < -0.4 is 5.56 Å². The monoisotopic (exact) mass is 358 g/mol. The Morgan fingerprint density at radius 2 is 1.62 bits per heavy atom. The van der Waals surface area contributed by atoms with Gasteiger partial charge in [0.25, 0.3) is 5.56 Å². The van der Waals surface area contributed by atoms with Crippen molar-refractivity contribution in [2.45, 2.75) is 26.6 Å². The van der Waals surface area contributed by atoms with E-state index in [1.165, 1.54) is 22.9 Å². The first-order valence-electron chi connectivity index (χ1n) is 8.06. The molecule has 0 fully saturated rings. The molecule has 134 valence electrons. The standard InChI is InChI=1S/C20H17F3N2O/c1-13-3-6-16(11-14(13)2)18-9-10-19(26)25(24-18)12-15-4-7-17(8-5-15)20(21,22)23/h3-11H,12H2,1-2H3. The Balaban J connectivity index is 1.91. The molecule has 3 nitrogen and oxygen atoms in total. The van der Waals surface area contributed by atoms with Crippen LogP contribution >= 0.6 is 0 Å². The fourth-order valence-electron chi connectivity index (χ4n) is 2.59. The Kier molecular flexibility index (Phi) is 4.68. The number of nitrogens with zero attached hydrogens (tertiary/aromatic N) is 2. The largest absolute Gasteiger partial charge is 0.416 e. The van der Waals surface area contributed by atoms with E-state index in [4.69, 9.17) is 0 Å². The number of aromatic nitrogens is 2. The van der Waals surface area contributed by atoms with Crippen molar-refractivity contribution in [3.63, 3.8) is 0 Å². The number of rotatable bonds is 3. The Morgan fingerprint density at radius 3 is 2.23 bits per heavy atom. The molecule has 3 aromatic rings. The van der Waals surface area contributed by atoms with Crippen molar-refractivity contribution < 1.29 is 13.2 Å². The van der Waals surface area contributed by atoms with Gasteiger partial charge in [-0.15, -0.1) is 0 Å². The van der Waals surface area contributed by atoms with Crippen LogP contribution in [0.4, 0.5) is 13.2 Å². The van der Waals surface area contributed by atoms with Gasteiger partial charge in [0.15, 0.2) is 0 Å². The number of hydrogen-bond acceptors (Lipinski definition) is 2. The molecule has 3 rings (SSSR count). The zero-order valence-corrected chi connectivity index (χ0v) is 14.3. The number of aryl methyl sites for hydroxylation is 2. The van der Waals surface area contributed by atoms with Crippen LogP contribution in [0.2, 0.25) is 0 Å². The zero-order chi connectivity index (χ0) is 18.9. The van der Waals surface area contributed by atoms with E-state index >= 15 is 0 Å². The van der Waals surface area contributed by atoms with Gasteiger partial charge in [0.05, 0.1) is 17.8 Å². The molecule has 0 N–H and O–H groups in total. The molecular weight excluding hydrogens is 341 g/mol. The van der Waals surface area contributed by atoms with Crippen LogP contribution in [-0.2, 0) is 12.7 Å². The molecule has 1 heterocycles. The Hall–Kier alpha value is -2.89. The Bertz CT molecular complexity index is 989. The van der Waals surface area contributed by atoms with Crippen LogP contribution in [0, 0.1) is 13.8 Å². The summed E-state index contributed by atoms with van der Waals surface area (Å²) in [4.78, 5) is 12.1. The second-order valence-corrected chi connectivity index (χ2v) is 6.21. The number of hydrogen-bond donors (Lipinski definition) is 0. The van der Waals surface area contributed by atoms with E-state index in [0.29, 0.717) is 11.3 Å². The molecule has 0 aliphatic heterocycles. The highest BCUT2D eigenvalue weighted by molar-refractivity contribution is 5.60. The second kappa shape index (κ2) is 6.78. The molecule has 0 unspecified atom stereocenters. The van der Waals surface area contributed by atoms with Gasteiger partial charge in [-0.3, -0.25) is 4.79 Å². The highest BCUT2D eigenvalue weighted by Gasteiger charge is 2.29. The molecular formula is C20H17F3N2O. The molecule has 0 spiro atoms. The molecule has 0 saturated heterocycles. The fourth-order valence-corrected chi connectivity index (χ4v) is 2.59. The van der Waals surface area contributed by atoms with Gasteiger partial charge in [0, 0.05) is 11.6 Å². The van der Waals surface area contributed by atoms with E-state index in [1.807, 2.05) is 32.0 Å². The number of benzene rings is 2. The normalized spacial score (nSPS) is 11.6. The van der Waals surface area contributed by atoms with Gasteiger partial charge in [-0.1, -0.05) is 24.3 Å². The quantitative estimate of drug-likeness (QED) is 0.686. The Morgan fingerprint density at radius 1 is 0.923 bits per heavy atom. The van der Waals surface area contributed by atoms with Crippen molar-refractivity contribution in [2.75, 3.05) is 0 Å². The average molecular weight is 358 g/mol. The lowest BCUT2D eigenvalue weighted by molar-refractivity contribution is -0.137. The SMILES string of the molecule is Cc1ccc(-c2ccc(=O)n(Cc3ccc(C(F)(F)F)cc3)n2)cc1C. The topological polar surface area (TPSA) is 34.9 Å². The third-order valence-corrected chi connectivity index (χ3v) is 4.28. The summed E-state index contributed by atoms with van der Waals surface area (Å²) < 4.78 is 39.2. The third kappa shape index (κ3) is 3.85. The van der Waals surface area contributed by atoms with E-state index in [2.05, 4.69) is 5.10 Å². The van der Waals surface area contributed by atoms with Crippen LogP contribution in [0.15, 0.2) is 59.4 Å². The summed E-state index contributed by atoms with van der Waals surface area (Å²) in [6, 6.07) is 13.7. The summed E-state index contributed by atoms with van der Waals surface area (Å²) in [5.74, 6) is 0. The second-order valence-electron chi connectivity index (χ2n) is 6.21. The minimum absolute atomic E-state index is 0.107. The highest BCUT2D eigenvalue weighted by atomic mass is 19.4. The summed E-state index contributed by atoms with van der Waals surface area (Å²) in [5.41, 5.74) is 3.35. The minimum atomic E-state index is -4.38. The molecule has 0 aliphatic carbocycles. The lowest BCUT2D eigenvalue weighted by Crippen LogP contribution is -2.22. The van der Waals surface area contributed by atoms with Gasteiger partial charge in [0.2, 0.25) is 0 Å². The number of alkyl halides is 3. The summed E-state index contributed by atoms with van der Waals surface area (Å²) in [5, 5.41) is 4.36. The summed E-state index contributed by atoms with van der Waals surface area (Å²) >= 11 is 0. The van der Waals surface area contributed by atoms with Crippen molar-refractivity contribution >= 4 is 0 Å². The lowest BCUT2D eigenvalue weighted by atomic mass is 10.0. The molecule has 0 saturated carbocycles. The van der Waals surface area contributed by atoms with E-state index in [-0.39, 0.29) is 12.1 Å². The molecule has 26 heavy (non-hydrogen) atoms. The molecule has 0 bridgehead atoms. The van der Waals surface area contributed by atoms with Gasteiger partial charge in [-0.2, -0.15) is 18.3 Å². The van der Waals surface area contributed by atoms with Crippen molar-refractivity contribution in [3.8, 4) is 11.3 Å². The van der Waals surface area contributed by atoms with Crippen LogP contribution in [0.5, 0.6) is 0 Å². The van der Waals surface area contributed by atoms with Crippen LogP contribution in [-0.4, -0.2) is 9.78 Å². The highest BCUT2D eigenvalue weighted by Crippen LogP contribution is 2.29. The summed E-state index contributed by atoms with van der Waals surface area (Å²) in [6.07, 6.45) is -4.38. The first kappa shape index (κ1) is 17.9. The predicted molar refractivity (Wildman–Crippen MR) is 94.0 cm³/mol. The Labute approximate surface area is 148 Å². The van der Waals surface area contributed by atoms with E-state index < -0.39 is 11.7 Å². The molecule has 0 radical (unpaired) electrons. The van der Waals surface area contributed by atoms with Crippen molar-refractivity contribution in [3.05, 3.63) is 87.2 Å². The molecule has 2 aromatic carbocycles. The first-order valence-corrected chi connectivity index (χ1v) is 8.06. The predicted octanol–water partition coefficient (Wildman–Crippen LogP) is 4.59. The van der Waals surface area contributed by atoms with Gasteiger partial charge in [-0.05, 0) is 54.8 Å². The van der Waals surface area contributed by atoms with Crippen molar-refractivity contribution in [1.29, 1.82) is 0 Å².